The van der Waals surface area contributed by atoms with Crippen LogP contribution < -0.4 is 16.6 Å². The van der Waals surface area contributed by atoms with E-state index in [2.05, 4.69) is 29.1 Å². The van der Waals surface area contributed by atoms with Gasteiger partial charge in [0.25, 0.3) is 5.56 Å². The van der Waals surface area contributed by atoms with Gasteiger partial charge in [0.05, 0.1) is 19.0 Å². The molecule has 18 nitrogen and oxygen atoms in total. The molecular formula is C22H28N6O12P2. The molecule has 1 aromatic carbocycles. The summed E-state index contributed by atoms with van der Waals surface area (Å²) in [6, 6.07) is 7.21. The molecule has 5 rings (SSSR count). The number of carbonyl (C=O) groups is 1. The highest BCUT2D eigenvalue weighted by atomic mass is 31.3. The molecule has 1 fully saturated rings. The Morgan fingerprint density at radius 3 is 2.71 bits per heavy atom. The van der Waals surface area contributed by atoms with E-state index in [-0.39, 0.29) is 23.2 Å². The van der Waals surface area contributed by atoms with Crippen molar-refractivity contribution < 1.29 is 52.0 Å². The predicted octanol–water partition coefficient (Wildman–Crippen LogP) is -0.235. The number of rotatable bonds is 10. The normalized spacial score (nSPS) is 26.8. The Labute approximate surface area is 236 Å². The monoisotopic (exact) mass is 630 g/mol. The number of hydrogen-bond acceptors (Lipinski definition) is 13. The zero-order valence-corrected chi connectivity index (χ0v) is 23.5. The van der Waals surface area contributed by atoms with Crippen LogP contribution >= 0.6 is 15.6 Å². The molecule has 2 aromatic heterocycles. The third-order valence-electron chi connectivity index (χ3n) is 6.73. The first-order valence-electron chi connectivity index (χ1n) is 12.6. The standard InChI is InChI=1S/C22H28N6O12P2/c23-22-26-19-16(20(32)27-22)24-10-28(19)21-18(31)17(30)14(39-21)8-37-41(33,34)40-42(35,36)38-9-15(29)25-13-7-3-5-11-4-1-2-6-12(11)13/h1-2,4,6,10,13-14,17-18,21,30-31H,3,5,7-9H2,(H,25,29)(H,33,34)(H,35,36)(H3,23,26,27,32)/t13?,14-,17-,18-,21-/m1/s1. The summed E-state index contributed by atoms with van der Waals surface area (Å²) in [4.78, 5) is 54.3. The predicted molar refractivity (Wildman–Crippen MR) is 141 cm³/mol. The van der Waals surface area contributed by atoms with E-state index in [1.165, 1.54) is 0 Å². The van der Waals surface area contributed by atoms with E-state index >= 15 is 0 Å². The first-order chi connectivity index (χ1) is 19.8. The molecule has 0 radical (unpaired) electrons. The Kier molecular flexibility index (Phi) is 8.65. The van der Waals surface area contributed by atoms with Crippen molar-refractivity contribution in [1.82, 2.24) is 24.8 Å². The van der Waals surface area contributed by atoms with Gasteiger partial charge in [-0.1, -0.05) is 24.3 Å². The van der Waals surface area contributed by atoms with Gasteiger partial charge in [-0.15, -0.1) is 0 Å². The number of anilines is 1. The molecule has 3 heterocycles. The number of fused-ring (bicyclic) bond motifs is 2. The maximum atomic E-state index is 12.4. The molecule has 0 saturated carbocycles. The summed E-state index contributed by atoms with van der Waals surface area (Å²) >= 11 is 0. The van der Waals surface area contributed by atoms with Crippen LogP contribution in [0.5, 0.6) is 0 Å². The van der Waals surface area contributed by atoms with Crippen molar-refractivity contribution in [1.29, 1.82) is 0 Å². The summed E-state index contributed by atoms with van der Waals surface area (Å²) in [6.07, 6.45) is -2.68. The molecule has 228 valence electrons. The van der Waals surface area contributed by atoms with E-state index < -0.39 is 64.9 Å². The van der Waals surface area contributed by atoms with Crippen LogP contribution in [-0.4, -0.2) is 77.0 Å². The smallest absolute Gasteiger partial charge is 0.387 e. The fourth-order valence-electron chi connectivity index (χ4n) is 4.85. The molecule has 8 N–H and O–H groups in total. The molecular weight excluding hydrogens is 602 g/mol. The number of H-pyrrole nitrogens is 1. The van der Waals surface area contributed by atoms with E-state index in [9.17, 15) is 38.7 Å². The topological polar surface area (TPSA) is 271 Å². The lowest BCUT2D eigenvalue weighted by Gasteiger charge is -2.26. The number of amides is 1. The molecule has 7 atom stereocenters. The van der Waals surface area contributed by atoms with Gasteiger partial charge >= 0.3 is 15.6 Å². The molecule has 0 spiro atoms. The Morgan fingerprint density at radius 2 is 1.93 bits per heavy atom. The number of benzene rings is 1. The number of aliphatic hydroxyl groups is 2. The molecule has 1 saturated heterocycles. The zero-order valence-electron chi connectivity index (χ0n) is 21.7. The number of aromatic nitrogens is 4. The molecule has 1 aliphatic heterocycles. The quantitative estimate of drug-likeness (QED) is 0.143. The molecule has 3 unspecified atom stereocenters. The van der Waals surface area contributed by atoms with Gasteiger partial charge in [-0.3, -0.25) is 28.2 Å². The van der Waals surface area contributed by atoms with Crippen LogP contribution in [0.3, 0.4) is 0 Å². The van der Waals surface area contributed by atoms with Crippen LogP contribution in [0, 0.1) is 0 Å². The van der Waals surface area contributed by atoms with E-state index in [1.807, 2.05) is 24.3 Å². The number of nitrogens with zero attached hydrogens (tertiary/aromatic N) is 3. The maximum Gasteiger partial charge on any atom is 0.481 e. The van der Waals surface area contributed by atoms with Gasteiger partial charge in [0, 0.05) is 0 Å². The molecule has 20 heteroatoms. The van der Waals surface area contributed by atoms with Crippen molar-refractivity contribution in [3.63, 3.8) is 0 Å². The van der Waals surface area contributed by atoms with Gasteiger partial charge in [-0.2, -0.15) is 9.29 Å². The third kappa shape index (κ3) is 6.63. The van der Waals surface area contributed by atoms with Gasteiger partial charge in [0.1, 0.15) is 24.9 Å². The second kappa shape index (κ2) is 11.9. The number of imidazole rings is 1. The van der Waals surface area contributed by atoms with E-state index in [0.717, 1.165) is 34.9 Å². The number of phosphoric ester groups is 2. The highest BCUT2D eigenvalue weighted by molar-refractivity contribution is 7.61. The molecule has 3 aromatic rings. The third-order valence-corrected chi connectivity index (χ3v) is 9.32. The largest absolute Gasteiger partial charge is 0.481 e. The number of aliphatic hydroxyl groups excluding tert-OH is 2. The number of nitrogen functional groups attached to an aromatic ring is 1. The van der Waals surface area contributed by atoms with Gasteiger partial charge in [0.15, 0.2) is 17.4 Å². The summed E-state index contributed by atoms with van der Waals surface area (Å²) in [5.74, 6) is -0.996. The van der Waals surface area contributed by atoms with E-state index in [1.54, 1.807) is 0 Å². The fraction of sp³-hybridized carbons (Fsp3) is 0.455. The Hall–Kier alpha value is -3.02. The fourth-order valence-corrected chi connectivity index (χ4v) is 6.89. The number of aromatic amines is 1. The van der Waals surface area contributed by atoms with Gasteiger partial charge in [-0.25, -0.2) is 14.1 Å². The number of nitrogens with two attached hydrogens (primary N) is 1. The van der Waals surface area contributed by atoms with Crippen molar-refractivity contribution in [2.24, 2.45) is 0 Å². The van der Waals surface area contributed by atoms with Crippen LogP contribution in [0.4, 0.5) is 5.95 Å². The summed E-state index contributed by atoms with van der Waals surface area (Å²) in [5.41, 5.74) is 6.70. The average Bonchev–Trinajstić information content (AvgIpc) is 3.46. The van der Waals surface area contributed by atoms with Gasteiger partial charge in [-0.05, 0) is 30.4 Å². The van der Waals surface area contributed by atoms with Crippen LogP contribution in [0.25, 0.3) is 11.2 Å². The number of ether oxygens (including phenoxy) is 1. The first kappa shape index (κ1) is 30.4. The number of aryl methyl sites for hydroxylation is 1. The maximum absolute atomic E-state index is 12.4. The molecule has 1 aliphatic carbocycles. The molecule has 2 aliphatic rings. The van der Waals surface area contributed by atoms with Crippen molar-refractivity contribution in [3.05, 3.63) is 52.1 Å². The summed E-state index contributed by atoms with van der Waals surface area (Å²) in [7, 11) is -10.6. The molecule has 42 heavy (non-hydrogen) atoms. The second-order valence-corrected chi connectivity index (χ2v) is 12.7. The number of hydrogen-bond donors (Lipinski definition) is 7. The zero-order chi connectivity index (χ0) is 30.2. The highest BCUT2D eigenvalue weighted by Crippen LogP contribution is 2.60. The first-order valence-corrected chi connectivity index (χ1v) is 15.6. The minimum absolute atomic E-state index is 0.0691. The Balaban J connectivity index is 1.14. The van der Waals surface area contributed by atoms with Crippen molar-refractivity contribution in [3.8, 4) is 0 Å². The van der Waals surface area contributed by atoms with Gasteiger partial charge in [0.2, 0.25) is 11.9 Å². The Morgan fingerprint density at radius 1 is 1.19 bits per heavy atom. The minimum atomic E-state index is -5.32. The summed E-state index contributed by atoms with van der Waals surface area (Å²) in [5, 5.41) is 23.6. The van der Waals surface area contributed by atoms with Crippen LogP contribution in [-0.2, 0) is 38.4 Å². The highest BCUT2D eigenvalue weighted by Gasteiger charge is 2.46. The van der Waals surface area contributed by atoms with Crippen molar-refractivity contribution in [2.75, 3.05) is 18.9 Å². The van der Waals surface area contributed by atoms with Crippen molar-refractivity contribution in [2.45, 2.75) is 49.8 Å². The summed E-state index contributed by atoms with van der Waals surface area (Å²) in [6.45, 7) is -1.85. The average molecular weight is 630 g/mol. The number of nitrogens with one attached hydrogen (secondary N) is 2. The van der Waals surface area contributed by atoms with Crippen LogP contribution in [0.2, 0.25) is 0 Å². The van der Waals surface area contributed by atoms with Crippen LogP contribution in [0.1, 0.15) is 36.2 Å². The number of carbonyl (C=O) groups excluding carboxylic acids is 1. The molecule has 0 bridgehead atoms. The lowest BCUT2D eigenvalue weighted by molar-refractivity contribution is -0.124. The Bertz CT molecular complexity index is 1630. The SMILES string of the molecule is Nc1nc2c(ncn2[C@@H]2O[C@H](COP(=O)(O)OP(=O)(O)OCC(=O)NC3CCCc4ccccc43)[C@@H](O)[C@H]2O)c(=O)[nH]1. The second-order valence-electron chi connectivity index (χ2n) is 9.62. The lowest BCUT2D eigenvalue weighted by Crippen LogP contribution is -2.33. The van der Waals surface area contributed by atoms with Crippen molar-refractivity contribution >= 4 is 38.7 Å². The summed E-state index contributed by atoms with van der Waals surface area (Å²) < 4.78 is 44.8. The van der Waals surface area contributed by atoms with Crippen LogP contribution in [0.15, 0.2) is 35.4 Å². The number of phosphoric acid groups is 2. The van der Waals surface area contributed by atoms with E-state index in [4.69, 9.17) is 15.0 Å². The van der Waals surface area contributed by atoms with E-state index in [0.29, 0.717) is 6.42 Å². The van der Waals surface area contributed by atoms with Gasteiger partial charge < -0.3 is 35.8 Å². The lowest BCUT2D eigenvalue weighted by atomic mass is 9.88. The minimum Gasteiger partial charge on any atom is -0.387 e. The molecule has 1 amide bonds.